The first-order valence-corrected chi connectivity index (χ1v) is 11.7. The molecule has 1 aliphatic rings. The molecule has 0 aromatic heterocycles. The SMILES string of the molecule is Cc1ccc(NS(=O)(=O)c2ccc(OCC(=O)N3CCOc4ccccc43)c(C)c2)cc1. The molecule has 0 radical (unpaired) electrons. The molecule has 8 heteroatoms. The molecule has 0 bridgehead atoms. The normalized spacial score (nSPS) is 13.1. The highest BCUT2D eigenvalue weighted by Crippen LogP contribution is 2.31. The van der Waals surface area contributed by atoms with Crippen molar-refractivity contribution in [3.63, 3.8) is 0 Å². The zero-order valence-corrected chi connectivity index (χ0v) is 18.7. The zero-order chi connectivity index (χ0) is 22.7. The summed E-state index contributed by atoms with van der Waals surface area (Å²) in [4.78, 5) is 14.5. The molecule has 1 aliphatic heterocycles. The number of anilines is 2. The van der Waals surface area contributed by atoms with Gasteiger partial charge in [0.1, 0.15) is 18.1 Å². The minimum Gasteiger partial charge on any atom is -0.490 e. The summed E-state index contributed by atoms with van der Waals surface area (Å²) >= 11 is 0. The molecule has 0 aliphatic carbocycles. The average molecular weight is 453 g/mol. The molecule has 0 unspecified atom stereocenters. The first-order valence-electron chi connectivity index (χ1n) is 10.2. The molecule has 166 valence electrons. The number of sulfonamides is 1. The van der Waals surface area contributed by atoms with Gasteiger partial charge in [0.05, 0.1) is 17.1 Å². The third-order valence-electron chi connectivity index (χ3n) is 5.14. The number of fused-ring (bicyclic) bond motifs is 1. The van der Waals surface area contributed by atoms with Crippen molar-refractivity contribution in [1.29, 1.82) is 0 Å². The van der Waals surface area contributed by atoms with Crippen LogP contribution >= 0.6 is 0 Å². The monoisotopic (exact) mass is 452 g/mol. The van der Waals surface area contributed by atoms with Gasteiger partial charge in [0.2, 0.25) is 0 Å². The summed E-state index contributed by atoms with van der Waals surface area (Å²) in [5, 5.41) is 0. The van der Waals surface area contributed by atoms with Crippen LogP contribution < -0.4 is 19.1 Å². The quantitative estimate of drug-likeness (QED) is 0.613. The van der Waals surface area contributed by atoms with E-state index in [0.717, 1.165) is 5.56 Å². The molecule has 3 aromatic carbocycles. The van der Waals surface area contributed by atoms with E-state index in [9.17, 15) is 13.2 Å². The van der Waals surface area contributed by atoms with E-state index in [1.54, 1.807) is 30.0 Å². The second-order valence-corrected chi connectivity index (χ2v) is 9.23. The van der Waals surface area contributed by atoms with Crippen molar-refractivity contribution in [2.75, 3.05) is 29.4 Å². The maximum Gasteiger partial charge on any atom is 0.265 e. The van der Waals surface area contributed by atoms with E-state index >= 15 is 0 Å². The molecule has 1 amide bonds. The Morgan fingerprint density at radius 2 is 1.81 bits per heavy atom. The fourth-order valence-electron chi connectivity index (χ4n) is 3.43. The summed E-state index contributed by atoms with van der Waals surface area (Å²) in [6.45, 7) is 4.38. The Kier molecular flexibility index (Phi) is 6.05. The smallest absolute Gasteiger partial charge is 0.265 e. The zero-order valence-electron chi connectivity index (χ0n) is 17.9. The van der Waals surface area contributed by atoms with Gasteiger partial charge in [-0.3, -0.25) is 9.52 Å². The predicted octanol–water partition coefficient (Wildman–Crippen LogP) is 3.91. The molecule has 0 fully saturated rings. The van der Waals surface area contributed by atoms with Crippen LogP contribution in [0.1, 0.15) is 11.1 Å². The van der Waals surface area contributed by atoms with Gasteiger partial charge in [-0.05, 0) is 61.9 Å². The van der Waals surface area contributed by atoms with Gasteiger partial charge in [-0.15, -0.1) is 0 Å². The number of carbonyl (C=O) groups is 1. The number of hydrogen-bond donors (Lipinski definition) is 1. The minimum atomic E-state index is -3.74. The Labute approximate surface area is 187 Å². The third kappa shape index (κ3) is 4.70. The molecule has 7 nitrogen and oxygen atoms in total. The number of carbonyl (C=O) groups excluding carboxylic acids is 1. The molecule has 1 heterocycles. The predicted molar refractivity (Wildman–Crippen MR) is 123 cm³/mol. The van der Waals surface area contributed by atoms with Crippen LogP contribution in [0.4, 0.5) is 11.4 Å². The van der Waals surface area contributed by atoms with Crippen LogP contribution in [0.5, 0.6) is 11.5 Å². The van der Waals surface area contributed by atoms with Crippen LogP contribution in [0.2, 0.25) is 0 Å². The maximum atomic E-state index is 12.7. The van der Waals surface area contributed by atoms with Crippen LogP contribution in [-0.4, -0.2) is 34.1 Å². The Balaban J connectivity index is 1.44. The number of benzene rings is 3. The number of ether oxygens (including phenoxy) is 2. The van der Waals surface area contributed by atoms with Crippen molar-refractivity contribution in [2.24, 2.45) is 0 Å². The van der Waals surface area contributed by atoms with Gasteiger partial charge in [-0.2, -0.15) is 0 Å². The largest absolute Gasteiger partial charge is 0.490 e. The lowest BCUT2D eigenvalue weighted by Crippen LogP contribution is -2.40. The van der Waals surface area contributed by atoms with Gasteiger partial charge in [0.15, 0.2) is 6.61 Å². The number of hydrogen-bond acceptors (Lipinski definition) is 5. The van der Waals surface area contributed by atoms with Crippen molar-refractivity contribution in [2.45, 2.75) is 18.7 Å². The second kappa shape index (κ2) is 8.92. The van der Waals surface area contributed by atoms with Crippen molar-refractivity contribution >= 4 is 27.3 Å². The van der Waals surface area contributed by atoms with Crippen LogP contribution in [-0.2, 0) is 14.8 Å². The highest BCUT2D eigenvalue weighted by atomic mass is 32.2. The number of nitrogens with one attached hydrogen (secondary N) is 1. The number of amides is 1. The van der Waals surface area contributed by atoms with E-state index < -0.39 is 10.0 Å². The van der Waals surface area contributed by atoms with E-state index in [2.05, 4.69) is 4.72 Å². The molecule has 1 N–H and O–H groups in total. The lowest BCUT2D eigenvalue weighted by Gasteiger charge is -2.29. The summed E-state index contributed by atoms with van der Waals surface area (Å²) in [5.74, 6) is 0.922. The summed E-state index contributed by atoms with van der Waals surface area (Å²) in [5.41, 5.74) is 2.87. The van der Waals surface area contributed by atoms with E-state index in [4.69, 9.17) is 9.47 Å². The topological polar surface area (TPSA) is 84.9 Å². The molecule has 0 atom stereocenters. The van der Waals surface area contributed by atoms with E-state index in [1.165, 1.54) is 12.1 Å². The molecule has 0 saturated carbocycles. The number of rotatable bonds is 6. The van der Waals surface area contributed by atoms with Crippen molar-refractivity contribution < 1.29 is 22.7 Å². The van der Waals surface area contributed by atoms with E-state index in [-0.39, 0.29) is 17.4 Å². The Bertz CT molecular complexity index is 1240. The number of aryl methyl sites for hydroxylation is 2. The lowest BCUT2D eigenvalue weighted by atomic mass is 10.2. The molecular formula is C24H24N2O5S. The fourth-order valence-corrected chi connectivity index (χ4v) is 4.58. The summed E-state index contributed by atoms with van der Waals surface area (Å²) in [7, 11) is -3.74. The molecule has 4 rings (SSSR count). The van der Waals surface area contributed by atoms with Gasteiger partial charge in [0.25, 0.3) is 15.9 Å². The summed E-state index contributed by atoms with van der Waals surface area (Å²) < 4.78 is 39.3. The van der Waals surface area contributed by atoms with Crippen molar-refractivity contribution in [3.8, 4) is 11.5 Å². The maximum absolute atomic E-state index is 12.7. The Morgan fingerprint density at radius 3 is 2.56 bits per heavy atom. The number of nitrogens with zero attached hydrogens (tertiary/aromatic N) is 1. The van der Waals surface area contributed by atoms with Crippen LogP contribution in [0.3, 0.4) is 0 Å². The molecular weight excluding hydrogens is 428 g/mol. The highest BCUT2D eigenvalue weighted by molar-refractivity contribution is 7.92. The molecule has 0 spiro atoms. The van der Waals surface area contributed by atoms with Crippen LogP contribution in [0.25, 0.3) is 0 Å². The van der Waals surface area contributed by atoms with Gasteiger partial charge in [-0.25, -0.2) is 8.42 Å². The fraction of sp³-hybridized carbons (Fsp3) is 0.208. The first kappa shape index (κ1) is 21.7. The van der Waals surface area contributed by atoms with Crippen LogP contribution in [0.15, 0.2) is 71.6 Å². The second-order valence-electron chi connectivity index (χ2n) is 7.55. The average Bonchev–Trinajstić information content (AvgIpc) is 2.79. The molecule has 0 saturated heterocycles. The summed E-state index contributed by atoms with van der Waals surface area (Å²) in [6, 6.07) is 19.0. The lowest BCUT2D eigenvalue weighted by molar-refractivity contribution is -0.120. The van der Waals surface area contributed by atoms with Crippen molar-refractivity contribution in [3.05, 3.63) is 77.9 Å². The van der Waals surface area contributed by atoms with Gasteiger partial charge >= 0.3 is 0 Å². The molecule has 32 heavy (non-hydrogen) atoms. The van der Waals surface area contributed by atoms with Gasteiger partial charge in [-0.1, -0.05) is 29.8 Å². The van der Waals surface area contributed by atoms with Gasteiger partial charge < -0.3 is 14.4 Å². The first-order chi connectivity index (χ1) is 15.3. The highest BCUT2D eigenvalue weighted by Gasteiger charge is 2.24. The Hall–Kier alpha value is -3.52. The van der Waals surface area contributed by atoms with Crippen LogP contribution in [0, 0.1) is 13.8 Å². The van der Waals surface area contributed by atoms with E-state index in [0.29, 0.717) is 41.6 Å². The standard InChI is InChI=1S/C24H24N2O5S/c1-17-7-9-19(10-8-17)25-32(28,29)20-11-12-22(18(2)15-20)31-16-24(27)26-13-14-30-23-6-4-3-5-21(23)26/h3-12,15,25H,13-14,16H2,1-2H3. The molecule has 3 aromatic rings. The minimum absolute atomic E-state index is 0.122. The summed E-state index contributed by atoms with van der Waals surface area (Å²) in [6.07, 6.45) is 0. The third-order valence-corrected chi connectivity index (χ3v) is 6.52. The van der Waals surface area contributed by atoms with Gasteiger partial charge in [0, 0.05) is 5.69 Å². The number of para-hydroxylation sites is 2. The van der Waals surface area contributed by atoms with E-state index in [1.807, 2.05) is 43.3 Å². The Morgan fingerprint density at radius 1 is 1.06 bits per heavy atom. The van der Waals surface area contributed by atoms with Crippen molar-refractivity contribution in [1.82, 2.24) is 0 Å².